The lowest BCUT2D eigenvalue weighted by Gasteiger charge is -2.30. The lowest BCUT2D eigenvalue weighted by Crippen LogP contribution is -2.24. The van der Waals surface area contributed by atoms with Crippen molar-refractivity contribution in [1.29, 1.82) is 0 Å². The molecule has 3 rings (SSSR count). The number of ether oxygens (including phenoxy) is 1. The van der Waals surface area contributed by atoms with E-state index in [1.54, 1.807) is 17.0 Å². The molecule has 25 heavy (non-hydrogen) atoms. The highest BCUT2D eigenvalue weighted by atomic mass is 19.4. The van der Waals surface area contributed by atoms with Gasteiger partial charge in [-0.05, 0) is 42.8 Å². The molecule has 0 radical (unpaired) electrons. The van der Waals surface area contributed by atoms with Crippen molar-refractivity contribution in [2.75, 3.05) is 4.90 Å². The van der Waals surface area contributed by atoms with Crippen LogP contribution in [0, 0.1) is 10.1 Å². The van der Waals surface area contributed by atoms with Crippen molar-refractivity contribution in [3.8, 4) is 5.75 Å². The molecule has 1 aliphatic heterocycles. The zero-order chi connectivity index (χ0) is 18.2. The van der Waals surface area contributed by atoms with Gasteiger partial charge in [0.1, 0.15) is 5.75 Å². The highest BCUT2D eigenvalue weighted by Gasteiger charge is 2.31. The third-order valence-corrected chi connectivity index (χ3v) is 3.87. The van der Waals surface area contributed by atoms with Crippen LogP contribution in [0.15, 0.2) is 48.2 Å². The number of fused-ring (bicyclic) bond motifs is 1. The molecule has 0 atom stereocenters. The summed E-state index contributed by atoms with van der Waals surface area (Å²) < 4.78 is 40.6. The van der Waals surface area contributed by atoms with Crippen LogP contribution in [0.2, 0.25) is 0 Å². The van der Waals surface area contributed by atoms with Crippen LogP contribution in [0.4, 0.5) is 24.5 Å². The minimum atomic E-state index is -4.75. The number of nitrogens with zero attached hydrogens (tertiary/aromatic N) is 2. The van der Waals surface area contributed by atoms with Crippen molar-refractivity contribution < 1.29 is 22.8 Å². The summed E-state index contributed by atoms with van der Waals surface area (Å²) in [6.07, 6.45) is -2.94. The predicted molar refractivity (Wildman–Crippen MR) is 86.1 cm³/mol. The van der Waals surface area contributed by atoms with Crippen molar-refractivity contribution in [1.82, 2.24) is 0 Å². The first-order chi connectivity index (χ1) is 11.7. The van der Waals surface area contributed by atoms with Gasteiger partial charge in [0.05, 0.1) is 17.0 Å². The van der Waals surface area contributed by atoms with Crippen LogP contribution in [0.3, 0.4) is 0 Å². The smallest absolute Gasteiger partial charge is 0.406 e. The molecule has 5 nitrogen and oxygen atoms in total. The number of hydrogen-bond acceptors (Lipinski definition) is 4. The number of hydrogen-bond donors (Lipinski definition) is 0. The molecule has 0 amide bonds. The van der Waals surface area contributed by atoms with Crippen LogP contribution >= 0.6 is 0 Å². The first-order valence-corrected chi connectivity index (χ1v) is 7.32. The van der Waals surface area contributed by atoms with E-state index in [0.717, 1.165) is 11.3 Å². The first-order valence-electron chi connectivity index (χ1n) is 7.32. The average molecular weight is 350 g/mol. The van der Waals surface area contributed by atoms with Gasteiger partial charge in [0.2, 0.25) is 0 Å². The van der Waals surface area contributed by atoms with Crippen LogP contribution in [-0.4, -0.2) is 11.3 Å². The third kappa shape index (κ3) is 3.57. The van der Waals surface area contributed by atoms with Crippen LogP contribution in [0.5, 0.6) is 5.75 Å². The van der Waals surface area contributed by atoms with Gasteiger partial charge in [0, 0.05) is 17.5 Å². The number of rotatable bonds is 3. The molecule has 2 aromatic carbocycles. The van der Waals surface area contributed by atoms with E-state index in [1.165, 1.54) is 30.3 Å². The molecular formula is C17H13F3N2O3. The second-order valence-electron chi connectivity index (χ2n) is 5.52. The van der Waals surface area contributed by atoms with E-state index in [-0.39, 0.29) is 18.0 Å². The summed E-state index contributed by atoms with van der Waals surface area (Å²) in [5.41, 5.74) is 2.79. The molecule has 2 aromatic rings. The fourth-order valence-corrected chi connectivity index (χ4v) is 2.78. The summed E-state index contributed by atoms with van der Waals surface area (Å²) in [4.78, 5) is 12.6. The maximum atomic E-state index is 12.2. The molecule has 8 heteroatoms. The summed E-state index contributed by atoms with van der Waals surface area (Å²) in [6.45, 7) is 2.09. The van der Waals surface area contributed by atoms with Gasteiger partial charge in [-0.15, -0.1) is 13.2 Å². The molecule has 0 saturated heterocycles. The molecule has 130 valence electrons. The van der Waals surface area contributed by atoms with Crippen molar-refractivity contribution in [2.45, 2.75) is 19.8 Å². The molecule has 0 saturated carbocycles. The van der Waals surface area contributed by atoms with E-state index in [0.29, 0.717) is 11.3 Å². The minimum absolute atomic E-state index is 0.0169. The third-order valence-electron chi connectivity index (χ3n) is 3.87. The Kier molecular flexibility index (Phi) is 4.12. The van der Waals surface area contributed by atoms with E-state index in [4.69, 9.17) is 0 Å². The largest absolute Gasteiger partial charge is 0.573 e. The SMILES string of the molecule is CC1=Cc2cccc([N+](=O)[O-])c2CN1c1ccc(OC(F)(F)F)cc1. The summed E-state index contributed by atoms with van der Waals surface area (Å²) >= 11 is 0. The Hall–Kier alpha value is -3.03. The Labute approximate surface area is 141 Å². The molecule has 0 aromatic heterocycles. The van der Waals surface area contributed by atoms with Crippen LogP contribution < -0.4 is 9.64 Å². The Balaban J connectivity index is 1.91. The van der Waals surface area contributed by atoms with Crippen molar-refractivity contribution in [3.05, 3.63) is 69.4 Å². The molecular weight excluding hydrogens is 337 g/mol. The van der Waals surface area contributed by atoms with E-state index >= 15 is 0 Å². The standard InChI is InChI=1S/C17H13F3N2O3/c1-11-9-12-3-2-4-16(22(23)24)15(12)10-21(11)13-5-7-14(8-6-13)25-17(18,19)20/h2-9H,10H2,1H3. The summed E-state index contributed by atoms with van der Waals surface area (Å²) in [5, 5.41) is 11.2. The van der Waals surface area contributed by atoms with Gasteiger partial charge < -0.3 is 9.64 Å². The number of anilines is 1. The minimum Gasteiger partial charge on any atom is -0.406 e. The van der Waals surface area contributed by atoms with E-state index < -0.39 is 11.3 Å². The Morgan fingerprint density at radius 1 is 1.16 bits per heavy atom. The number of allylic oxidation sites excluding steroid dienone is 1. The van der Waals surface area contributed by atoms with Gasteiger partial charge in [-0.25, -0.2) is 0 Å². The predicted octanol–water partition coefficient (Wildman–Crippen LogP) is 4.87. The van der Waals surface area contributed by atoms with Gasteiger partial charge in [-0.3, -0.25) is 10.1 Å². The highest BCUT2D eigenvalue weighted by Crippen LogP contribution is 2.35. The molecule has 0 unspecified atom stereocenters. The van der Waals surface area contributed by atoms with Crippen molar-refractivity contribution in [2.24, 2.45) is 0 Å². The van der Waals surface area contributed by atoms with E-state index in [9.17, 15) is 23.3 Å². The Morgan fingerprint density at radius 3 is 2.44 bits per heavy atom. The second-order valence-corrected chi connectivity index (χ2v) is 5.52. The summed E-state index contributed by atoms with van der Waals surface area (Å²) in [5.74, 6) is -0.318. The zero-order valence-corrected chi connectivity index (χ0v) is 13.1. The average Bonchev–Trinajstić information content (AvgIpc) is 2.53. The van der Waals surface area contributed by atoms with Gasteiger partial charge in [0.25, 0.3) is 5.69 Å². The van der Waals surface area contributed by atoms with E-state index in [2.05, 4.69) is 4.74 Å². The number of alkyl halides is 3. The van der Waals surface area contributed by atoms with Gasteiger partial charge in [-0.2, -0.15) is 0 Å². The Morgan fingerprint density at radius 2 is 1.84 bits per heavy atom. The highest BCUT2D eigenvalue weighted by molar-refractivity contribution is 5.71. The van der Waals surface area contributed by atoms with Crippen molar-refractivity contribution in [3.63, 3.8) is 0 Å². The molecule has 0 fully saturated rings. The monoisotopic (exact) mass is 350 g/mol. The maximum absolute atomic E-state index is 12.2. The number of nitro groups is 1. The summed E-state index contributed by atoms with van der Waals surface area (Å²) in [6, 6.07) is 10.3. The topological polar surface area (TPSA) is 55.6 Å². The van der Waals surface area contributed by atoms with Crippen LogP contribution in [0.1, 0.15) is 18.1 Å². The Bertz CT molecular complexity index is 845. The molecule has 1 aliphatic rings. The number of halogens is 3. The van der Waals surface area contributed by atoms with Crippen LogP contribution in [0.25, 0.3) is 6.08 Å². The van der Waals surface area contributed by atoms with Crippen LogP contribution in [-0.2, 0) is 6.54 Å². The second kappa shape index (κ2) is 6.12. The van der Waals surface area contributed by atoms with Crippen molar-refractivity contribution >= 4 is 17.5 Å². The van der Waals surface area contributed by atoms with Gasteiger partial charge in [0.15, 0.2) is 0 Å². The first kappa shape index (κ1) is 16.8. The lowest BCUT2D eigenvalue weighted by atomic mass is 9.99. The van der Waals surface area contributed by atoms with E-state index in [1.807, 2.05) is 13.0 Å². The molecule has 0 aliphatic carbocycles. The molecule has 0 spiro atoms. The van der Waals surface area contributed by atoms with Gasteiger partial charge >= 0.3 is 6.36 Å². The fourth-order valence-electron chi connectivity index (χ4n) is 2.78. The fraction of sp³-hybridized carbons (Fsp3) is 0.176. The number of benzene rings is 2. The lowest BCUT2D eigenvalue weighted by molar-refractivity contribution is -0.385. The number of nitro benzene ring substituents is 1. The normalized spacial score (nSPS) is 13.9. The summed E-state index contributed by atoms with van der Waals surface area (Å²) in [7, 11) is 0. The van der Waals surface area contributed by atoms with Gasteiger partial charge in [-0.1, -0.05) is 12.1 Å². The molecule has 0 bridgehead atoms. The molecule has 0 N–H and O–H groups in total. The zero-order valence-electron chi connectivity index (χ0n) is 13.1. The quantitative estimate of drug-likeness (QED) is 0.585. The maximum Gasteiger partial charge on any atom is 0.573 e. The molecule has 1 heterocycles.